The Morgan fingerprint density at radius 1 is 1.21 bits per heavy atom. The van der Waals surface area contributed by atoms with Crippen molar-refractivity contribution in [1.29, 1.82) is 0 Å². The second kappa shape index (κ2) is 9.62. The van der Waals surface area contributed by atoms with Crippen LogP contribution in [-0.4, -0.2) is 35.6 Å². The molecule has 1 aliphatic heterocycles. The van der Waals surface area contributed by atoms with Gasteiger partial charge in [-0.1, -0.05) is 37.5 Å². The van der Waals surface area contributed by atoms with Crippen molar-refractivity contribution < 1.29 is 4.79 Å². The summed E-state index contributed by atoms with van der Waals surface area (Å²) in [6.07, 6.45) is 5.17. The van der Waals surface area contributed by atoms with Crippen LogP contribution in [0.1, 0.15) is 44.6 Å². The molecule has 0 radical (unpaired) electrons. The zero-order valence-corrected chi connectivity index (χ0v) is 15.6. The molecule has 0 aromatic heterocycles. The van der Waals surface area contributed by atoms with E-state index in [1.807, 2.05) is 12.1 Å². The van der Waals surface area contributed by atoms with Crippen LogP contribution in [0, 0.1) is 12.8 Å². The van der Waals surface area contributed by atoms with Gasteiger partial charge in [-0.15, -0.1) is 0 Å². The van der Waals surface area contributed by atoms with Gasteiger partial charge in [0.05, 0.1) is 0 Å². The summed E-state index contributed by atoms with van der Waals surface area (Å²) < 4.78 is 0. The van der Waals surface area contributed by atoms with E-state index in [2.05, 4.69) is 41.5 Å². The maximum absolute atomic E-state index is 12.2. The predicted molar refractivity (Wildman–Crippen MR) is 104 cm³/mol. The van der Waals surface area contributed by atoms with Crippen LogP contribution >= 0.6 is 12.2 Å². The van der Waals surface area contributed by atoms with Crippen molar-refractivity contribution in [2.75, 3.05) is 25.0 Å². The van der Waals surface area contributed by atoms with Crippen LogP contribution in [0.4, 0.5) is 5.69 Å². The van der Waals surface area contributed by atoms with Crippen molar-refractivity contribution in [3.05, 3.63) is 29.8 Å². The van der Waals surface area contributed by atoms with E-state index < -0.39 is 0 Å². The number of thiocarbonyl (C=S) groups is 1. The SMILES string of the molecule is CCCCCNC(=O)C1CCN(C(=S)Nc2ccc(C)cc2)CC1. The van der Waals surface area contributed by atoms with E-state index in [0.717, 1.165) is 49.7 Å². The van der Waals surface area contributed by atoms with Crippen LogP contribution in [0.3, 0.4) is 0 Å². The Balaban J connectivity index is 1.72. The number of likely N-dealkylation sites (tertiary alicyclic amines) is 1. The Morgan fingerprint density at radius 2 is 1.88 bits per heavy atom. The Hall–Kier alpha value is -1.62. The Kier molecular flexibility index (Phi) is 7.50. The van der Waals surface area contributed by atoms with Gasteiger partial charge in [0.1, 0.15) is 0 Å². The van der Waals surface area contributed by atoms with E-state index in [1.165, 1.54) is 18.4 Å². The lowest BCUT2D eigenvalue weighted by Gasteiger charge is -2.33. The Morgan fingerprint density at radius 3 is 2.50 bits per heavy atom. The highest BCUT2D eigenvalue weighted by molar-refractivity contribution is 7.80. The van der Waals surface area contributed by atoms with Gasteiger partial charge in [-0.25, -0.2) is 0 Å². The minimum Gasteiger partial charge on any atom is -0.356 e. The van der Waals surface area contributed by atoms with Gasteiger partial charge in [0.2, 0.25) is 5.91 Å². The number of aryl methyl sites for hydroxylation is 1. The maximum Gasteiger partial charge on any atom is 0.223 e. The van der Waals surface area contributed by atoms with Crippen LogP contribution in [0.5, 0.6) is 0 Å². The van der Waals surface area contributed by atoms with Gasteiger partial charge in [0.15, 0.2) is 5.11 Å². The number of carbonyl (C=O) groups excluding carboxylic acids is 1. The fourth-order valence-corrected chi connectivity index (χ4v) is 3.22. The number of unbranched alkanes of at least 4 members (excludes halogenated alkanes) is 2. The second-order valence-electron chi connectivity index (χ2n) is 6.56. The first kappa shape index (κ1) is 18.7. The zero-order valence-electron chi connectivity index (χ0n) is 14.8. The number of carbonyl (C=O) groups is 1. The standard InChI is InChI=1S/C19H29N3OS/c1-3-4-5-12-20-18(23)16-10-13-22(14-11-16)19(24)21-17-8-6-15(2)7-9-17/h6-9,16H,3-5,10-14H2,1-2H3,(H,20,23)(H,21,24). The molecule has 132 valence electrons. The molecule has 1 heterocycles. The van der Waals surface area contributed by atoms with Gasteiger partial charge in [-0.2, -0.15) is 0 Å². The monoisotopic (exact) mass is 347 g/mol. The van der Waals surface area contributed by atoms with Gasteiger partial charge < -0.3 is 15.5 Å². The predicted octanol–water partition coefficient (Wildman–Crippen LogP) is 3.71. The third kappa shape index (κ3) is 5.78. The van der Waals surface area contributed by atoms with E-state index >= 15 is 0 Å². The summed E-state index contributed by atoms with van der Waals surface area (Å²) in [7, 11) is 0. The summed E-state index contributed by atoms with van der Waals surface area (Å²) in [5.74, 6) is 0.341. The number of nitrogens with one attached hydrogen (secondary N) is 2. The molecule has 1 aromatic carbocycles. The van der Waals surface area contributed by atoms with Crippen molar-refractivity contribution in [2.45, 2.75) is 46.0 Å². The number of amides is 1. The zero-order chi connectivity index (χ0) is 17.4. The Bertz CT molecular complexity index is 536. The van der Waals surface area contributed by atoms with Crippen LogP contribution in [0.2, 0.25) is 0 Å². The normalized spacial score (nSPS) is 15.2. The lowest BCUT2D eigenvalue weighted by Crippen LogP contribution is -2.44. The molecular formula is C19H29N3OS. The van der Waals surface area contributed by atoms with E-state index in [-0.39, 0.29) is 11.8 Å². The smallest absolute Gasteiger partial charge is 0.223 e. The second-order valence-corrected chi connectivity index (χ2v) is 6.94. The molecule has 1 aliphatic rings. The first-order valence-corrected chi connectivity index (χ1v) is 9.41. The first-order valence-electron chi connectivity index (χ1n) is 9.00. The number of piperidine rings is 1. The molecule has 1 saturated heterocycles. The third-order valence-electron chi connectivity index (χ3n) is 4.54. The summed E-state index contributed by atoms with van der Waals surface area (Å²) in [4.78, 5) is 14.3. The van der Waals surface area contributed by atoms with Crippen molar-refractivity contribution in [3.63, 3.8) is 0 Å². The lowest BCUT2D eigenvalue weighted by atomic mass is 9.96. The summed E-state index contributed by atoms with van der Waals surface area (Å²) in [5, 5.41) is 7.11. The molecule has 0 saturated carbocycles. The molecule has 1 aromatic rings. The largest absolute Gasteiger partial charge is 0.356 e. The number of rotatable bonds is 6. The van der Waals surface area contributed by atoms with Crippen LogP contribution < -0.4 is 10.6 Å². The van der Waals surface area contributed by atoms with Crippen molar-refractivity contribution >= 4 is 28.9 Å². The van der Waals surface area contributed by atoms with Crippen molar-refractivity contribution in [2.24, 2.45) is 5.92 Å². The van der Waals surface area contributed by atoms with Gasteiger partial charge in [0, 0.05) is 31.2 Å². The number of hydrogen-bond acceptors (Lipinski definition) is 2. The summed E-state index contributed by atoms with van der Waals surface area (Å²) in [6, 6.07) is 8.22. The number of hydrogen-bond donors (Lipinski definition) is 2. The molecule has 5 heteroatoms. The van der Waals surface area contributed by atoms with Gasteiger partial charge >= 0.3 is 0 Å². The minimum absolute atomic E-state index is 0.130. The molecule has 2 N–H and O–H groups in total. The highest BCUT2D eigenvalue weighted by Gasteiger charge is 2.25. The minimum atomic E-state index is 0.130. The third-order valence-corrected chi connectivity index (χ3v) is 4.90. The highest BCUT2D eigenvalue weighted by atomic mass is 32.1. The molecule has 0 aliphatic carbocycles. The molecular weight excluding hydrogens is 318 g/mol. The van der Waals surface area contributed by atoms with E-state index in [1.54, 1.807) is 0 Å². The van der Waals surface area contributed by atoms with Crippen molar-refractivity contribution in [1.82, 2.24) is 10.2 Å². The van der Waals surface area contributed by atoms with Crippen LogP contribution in [0.25, 0.3) is 0 Å². The number of nitrogens with zero attached hydrogens (tertiary/aromatic N) is 1. The van der Waals surface area contributed by atoms with Gasteiger partial charge in [0.25, 0.3) is 0 Å². The molecule has 0 atom stereocenters. The lowest BCUT2D eigenvalue weighted by molar-refractivity contribution is -0.126. The number of anilines is 1. The molecule has 0 unspecified atom stereocenters. The Labute approximate surface area is 151 Å². The summed E-state index contributed by atoms with van der Waals surface area (Å²) in [5.41, 5.74) is 2.25. The molecule has 1 fully saturated rings. The maximum atomic E-state index is 12.2. The molecule has 0 bridgehead atoms. The average molecular weight is 348 g/mol. The summed E-state index contributed by atoms with van der Waals surface area (Å²) in [6.45, 7) is 6.72. The average Bonchev–Trinajstić information content (AvgIpc) is 2.60. The van der Waals surface area contributed by atoms with Crippen LogP contribution in [-0.2, 0) is 4.79 Å². The molecule has 24 heavy (non-hydrogen) atoms. The molecule has 2 rings (SSSR count). The van der Waals surface area contributed by atoms with Gasteiger partial charge in [-0.3, -0.25) is 4.79 Å². The first-order chi connectivity index (χ1) is 11.6. The van der Waals surface area contributed by atoms with E-state index in [9.17, 15) is 4.79 Å². The molecule has 1 amide bonds. The molecule has 0 spiro atoms. The van der Waals surface area contributed by atoms with Crippen LogP contribution in [0.15, 0.2) is 24.3 Å². The highest BCUT2D eigenvalue weighted by Crippen LogP contribution is 2.19. The summed E-state index contributed by atoms with van der Waals surface area (Å²) >= 11 is 5.51. The quantitative estimate of drug-likeness (QED) is 0.608. The van der Waals surface area contributed by atoms with Gasteiger partial charge in [-0.05, 0) is 50.5 Å². The van der Waals surface area contributed by atoms with E-state index in [0.29, 0.717) is 0 Å². The fourth-order valence-electron chi connectivity index (χ4n) is 2.92. The van der Waals surface area contributed by atoms with Crippen molar-refractivity contribution in [3.8, 4) is 0 Å². The fraction of sp³-hybridized carbons (Fsp3) is 0.579. The van der Waals surface area contributed by atoms with E-state index in [4.69, 9.17) is 12.2 Å². The number of benzene rings is 1. The molecule has 4 nitrogen and oxygen atoms in total. The topological polar surface area (TPSA) is 44.4 Å².